The minimum Gasteiger partial charge on any atom is -0.227 e. The molecule has 19 heavy (non-hydrogen) atoms. The van der Waals surface area contributed by atoms with Crippen LogP contribution in [0.1, 0.15) is 49.8 Å². The lowest BCUT2D eigenvalue weighted by atomic mass is 9.65. The molecule has 1 saturated carbocycles. The summed E-state index contributed by atoms with van der Waals surface area (Å²) in [5.74, 6) is 0. The Morgan fingerprint density at radius 1 is 1.16 bits per heavy atom. The summed E-state index contributed by atoms with van der Waals surface area (Å²) in [7, 11) is -3.30. The SMILES string of the molecule is CS(=O)(=O)c1ncc2c(n1)CC1(CCCCC1)CC2. The zero-order valence-electron chi connectivity index (χ0n) is 11.4. The van der Waals surface area contributed by atoms with E-state index in [1.54, 1.807) is 6.20 Å². The van der Waals surface area contributed by atoms with Crippen LogP contribution >= 0.6 is 0 Å². The third-order valence-corrected chi connectivity index (χ3v) is 5.51. The monoisotopic (exact) mass is 280 g/mol. The quantitative estimate of drug-likeness (QED) is 0.741. The molecule has 0 aliphatic heterocycles. The number of hydrogen-bond donors (Lipinski definition) is 0. The van der Waals surface area contributed by atoms with E-state index in [1.165, 1.54) is 44.8 Å². The molecule has 0 radical (unpaired) electrons. The van der Waals surface area contributed by atoms with Crippen molar-refractivity contribution < 1.29 is 8.42 Å². The molecule has 0 amide bonds. The van der Waals surface area contributed by atoms with E-state index >= 15 is 0 Å². The second kappa shape index (κ2) is 4.54. The van der Waals surface area contributed by atoms with E-state index in [0.29, 0.717) is 5.41 Å². The van der Waals surface area contributed by atoms with Gasteiger partial charge in [0.25, 0.3) is 0 Å². The average molecular weight is 280 g/mol. The first-order valence-corrected chi connectivity index (χ1v) is 8.93. The number of rotatable bonds is 1. The van der Waals surface area contributed by atoms with E-state index in [-0.39, 0.29) is 5.16 Å². The first-order chi connectivity index (χ1) is 8.99. The molecule has 1 aromatic rings. The summed E-state index contributed by atoms with van der Waals surface area (Å²) in [5, 5.41) is -0.0147. The van der Waals surface area contributed by atoms with Crippen LogP contribution in [0.25, 0.3) is 0 Å². The molecule has 0 aromatic carbocycles. The van der Waals surface area contributed by atoms with Gasteiger partial charge in [-0.25, -0.2) is 18.4 Å². The highest BCUT2D eigenvalue weighted by molar-refractivity contribution is 7.90. The van der Waals surface area contributed by atoms with Crippen LogP contribution in [-0.2, 0) is 22.7 Å². The van der Waals surface area contributed by atoms with E-state index in [1.807, 2.05) is 0 Å². The van der Waals surface area contributed by atoms with E-state index in [4.69, 9.17) is 0 Å². The summed E-state index contributed by atoms with van der Waals surface area (Å²) in [6, 6.07) is 0. The summed E-state index contributed by atoms with van der Waals surface area (Å²) >= 11 is 0. The normalized spacial score (nSPS) is 22.2. The summed E-state index contributed by atoms with van der Waals surface area (Å²) < 4.78 is 23.1. The van der Waals surface area contributed by atoms with E-state index in [0.717, 1.165) is 24.1 Å². The van der Waals surface area contributed by atoms with Crippen molar-refractivity contribution in [2.45, 2.75) is 56.5 Å². The Bertz CT molecular complexity index is 589. The first kappa shape index (κ1) is 13.0. The molecule has 5 heteroatoms. The fourth-order valence-electron chi connectivity index (χ4n) is 3.54. The van der Waals surface area contributed by atoms with Gasteiger partial charge < -0.3 is 0 Å². The number of fused-ring (bicyclic) bond motifs is 1. The van der Waals surface area contributed by atoms with Crippen molar-refractivity contribution in [3.05, 3.63) is 17.5 Å². The van der Waals surface area contributed by atoms with Crippen molar-refractivity contribution in [1.82, 2.24) is 9.97 Å². The molecular formula is C14H20N2O2S. The van der Waals surface area contributed by atoms with Gasteiger partial charge in [-0.15, -0.1) is 0 Å². The lowest BCUT2D eigenvalue weighted by Gasteiger charge is -2.40. The predicted octanol–water partition coefficient (Wildman–Crippen LogP) is 2.32. The van der Waals surface area contributed by atoms with Crippen molar-refractivity contribution >= 4 is 9.84 Å². The van der Waals surface area contributed by atoms with Crippen LogP contribution in [0.4, 0.5) is 0 Å². The minimum absolute atomic E-state index is 0.0147. The maximum atomic E-state index is 11.6. The van der Waals surface area contributed by atoms with Gasteiger partial charge in [-0.05, 0) is 43.1 Å². The Balaban J connectivity index is 1.94. The van der Waals surface area contributed by atoms with Gasteiger partial charge >= 0.3 is 0 Å². The molecule has 104 valence electrons. The van der Waals surface area contributed by atoms with Crippen molar-refractivity contribution in [2.24, 2.45) is 5.41 Å². The highest BCUT2D eigenvalue weighted by atomic mass is 32.2. The number of aryl methyl sites for hydroxylation is 1. The smallest absolute Gasteiger partial charge is 0.227 e. The van der Waals surface area contributed by atoms with Gasteiger partial charge in [0.1, 0.15) is 0 Å². The lowest BCUT2D eigenvalue weighted by molar-refractivity contribution is 0.159. The summed E-state index contributed by atoms with van der Waals surface area (Å²) in [6.07, 6.45) is 12.5. The molecule has 2 aliphatic carbocycles. The highest BCUT2D eigenvalue weighted by Gasteiger charge is 2.36. The van der Waals surface area contributed by atoms with Crippen LogP contribution in [0.3, 0.4) is 0 Å². The van der Waals surface area contributed by atoms with Crippen LogP contribution in [0.15, 0.2) is 11.4 Å². The van der Waals surface area contributed by atoms with E-state index < -0.39 is 9.84 Å². The minimum atomic E-state index is -3.30. The molecule has 3 rings (SSSR count). The Morgan fingerprint density at radius 2 is 1.89 bits per heavy atom. The molecule has 1 spiro atoms. The standard InChI is InChI=1S/C14H20N2O2S/c1-19(17,18)13-15-10-11-5-8-14(9-12(11)16-13)6-3-2-4-7-14/h10H,2-9H2,1H3. The van der Waals surface area contributed by atoms with Gasteiger partial charge in [0.05, 0.1) is 0 Å². The van der Waals surface area contributed by atoms with Gasteiger partial charge in [-0.1, -0.05) is 19.3 Å². The lowest BCUT2D eigenvalue weighted by Crippen LogP contribution is -2.32. The number of sulfone groups is 1. The van der Waals surface area contributed by atoms with Crippen molar-refractivity contribution in [2.75, 3.05) is 6.26 Å². The summed E-state index contributed by atoms with van der Waals surface area (Å²) in [5.41, 5.74) is 2.50. The zero-order chi connectivity index (χ0) is 13.5. The fourth-order valence-corrected chi connectivity index (χ4v) is 4.06. The van der Waals surface area contributed by atoms with Gasteiger partial charge in [0.15, 0.2) is 0 Å². The maximum absolute atomic E-state index is 11.6. The Labute approximate surface area is 114 Å². The van der Waals surface area contributed by atoms with Gasteiger partial charge in [0.2, 0.25) is 15.0 Å². The average Bonchev–Trinajstić information content (AvgIpc) is 2.38. The molecule has 0 bridgehead atoms. The topological polar surface area (TPSA) is 59.9 Å². The third-order valence-electron chi connectivity index (χ3n) is 4.65. The Morgan fingerprint density at radius 3 is 2.58 bits per heavy atom. The molecule has 0 N–H and O–H groups in total. The molecule has 1 heterocycles. The number of nitrogens with zero attached hydrogens (tertiary/aromatic N) is 2. The summed E-state index contributed by atoms with van der Waals surface area (Å²) in [6.45, 7) is 0. The Hall–Kier alpha value is -0.970. The van der Waals surface area contributed by atoms with Crippen LogP contribution < -0.4 is 0 Å². The molecular weight excluding hydrogens is 260 g/mol. The molecule has 2 aliphatic rings. The second-order valence-corrected chi connectivity index (χ2v) is 8.04. The predicted molar refractivity (Wildman–Crippen MR) is 72.7 cm³/mol. The largest absolute Gasteiger partial charge is 0.246 e. The zero-order valence-corrected chi connectivity index (χ0v) is 12.2. The molecule has 0 atom stereocenters. The van der Waals surface area contributed by atoms with Crippen LogP contribution in [0.2, 0.25) is 0 Å². The van der Waals surface area contributed by atoms with E-state index in [9.17, 15) is 8.42 Å². The van der Waals surface area contributed by atoms with Crippen molar-refractivity contribution in [3.8, 4) is 0 Å². The van der Waals surface area contributed by atoms with Gasteiger partial charge in [0, 0.05) is 18.1 Å². The second-order valence-electron chi connectivity index (χ2n) is 6.13. The Kier molecular flexibility index (Phi) is 3.12. The van der Waals surface area contributed by atoms with Crippen LogP contribution in [-0.4, -0.2) is 24.6 Å². The van der Waals surface area contributed by atoms with Crippen LogP contribution in [0, 0.1) is 5.41 Å². The van der Waals surface area contributed by atoms with Crippen molar-refractivity contribution in [3.63, 3.8) is 0 Å². The summed E-state index contributed by atoms with van der Waals surface area (Å²) in [4.78, 5) is 8.33. The van der Waals surface area contributed by atoms with Gasteiger partial charge in [-0.3, -0.25) is 0 Å². The molecule has 1 aromatic heterocycles. The van der Waals surface area contributed by atoms with Crippen molar-refractivity contribution in [1.29, 1.82) is 0 Å². The van der Waals surface area contributed by atoms with Gasteiger partial charge in [-0.2, -0.15) is 0 Å². The number of aromatic nitrogens is 2. The van der Waals surface area contributed by atoms with Crippen LogP contribution in [0.5, 0.6) is 0 Å². The first-order valence-electron chi connectivity index (χ1n) is 7.03. The molecule has 4 nitrogen and oxygen atoms in total. The molecule has 0 saturated heterocycles. The molecule has 1 fully saturated rings. The molecule has 0 unspecified atom stereocenters. The maximum Gasteiger partial charge on any atom is 0.246 e. The van der Waals surface area contributed by atoms with E-state index in [2.05, 4.69) is 9.97 Å². The number of hydrogen-bond acceptors (Lipinski definition) is 4. The third kappa shape index (κ3) is 2.53. The fraction of sp³-hybridized carbons (Fsp3) is 0.714. The highest BCUT2D eigenvalue weighted by Crippen LogP contribution is 2.45.